The van der Waals surface area contributed by atoms with Gasteiger partial charge < -0.3 is 5.73 Å². The molecule has 0 saturated carbocycles. The third-order valence-corrected chi connectivity index (χ3v) is 3.22. The molecule has 0 radical (unpaired) electrons. The highest BCUT2D eigenvalue weighted by Gasteiger charge is 2.32. The summed E-state index contributed by atoms with van der Waals surface area (Å²) >= 11 is 10.9. The topological polar surface area (TPSA) is 43.8 Å². The zero-order chi connectivity index (χ0) is 14.9. The van der Waals surface area contributed by atoms with Crippen molar-refractivity contribution < 1.29 is 13.2 Å². The normalized spacial score (nSPS) is 11.6. The number of nitrogens with zero attached hydrogens (tertiary/aromatic N) is 2. The van der Waals surface area contributed by atoms with Gasteiger partial charge in [0.25, 0.3) is 0 Å². The standard InChI is InChI=1S/C12H9ClF3N3S/c13-10-3-7(11(17)20)1-2-8(10)5-19-6-9(4-18-19)12(14,15)16/h1-4,6H,5H2,(H2,17,20). The molecule has 3 nitrogen and oxygen atoms in total. The van der Waals surface area contributed by atoms with Crippen LogP contribution in [0.1, 0.15) is 16.7 Å². The van der Waals surface area contributed by atoms with Crippen molar-refractivity contribution in [3.05, 3.63) is 52.3 Å². The van der Waals surface area contributed by atoms with E-state index in [1.807, 2.05) is 0 Å². The molecule has 0 saturated heterocycles. The highest BCUT2D eigenvalue weighted by atomic mass is 35.5. The summed E-state index contributed by atoms with van der Waals surface area (Å²) < 4.78 is 38.5. The molecule has 2 aromatic rings. The summed E-state index contributed by atoms with van der Waals surface area (Å²) in [7, 11) is 0. The van der Waals surface area contributed by atoms with E-state index in [1.54, 1.807) is 18.2 Å². The molecular weight excluding hydrogens is 311 g/mol. The molecule has 8 heteroatoms. The Kier molecular flexibility index (Phi) is 4.01. The van der Waals surface area contributed by atoms with Gasteiger partial charge in [-0.2, -0.15) is 18.3 Å². The van der Waals surface area contributed by atoms with Crippen molar-refractivity contribution in [2.24, 2.45) is 5.73 Å². The second-order valence-corrected chi connectivity index (χ2v) is 4.94. The molecule has 0 aliphatic heterocycles. The molecule has 106 valence electrons. The van der Waals surface area contributed by atoms with Crippen LogP contribution in [-0.4, -0.2) is 14.8 Å². The number of rotatable bonds is 3. The van der Waals surface area contributed by atoms with E-state index in [0.717, 1.165) is 12.4 Å². The van der Waals surface area contributed by atoms with Crippen LogP contribution < -0.4 is 5.73 Å². The first-order valence-corrected chi connectivity index (χ1v) is 6.24. The van der Waals surface area contributed by atoms with Gasteiger partial charge in [0.05, 0.1) is 18.3 Å². The minimum Gasteiger partial charge on any atom is -0.389 e. The Morgan fingerprint density at radius 1 is 1.40 bits per heavy atom. The minimum absolute atomic E-state index is 0.131. The van der Waals surface area contributed by atoms with E-state index in [2.05, 4.69) is 5.10 Å². The Balaban J connectivity index is 2.22. The smallest absolute Gasteiger partial charge is 0.389 e. The van der Waals surface area contributed by atoms with Gasteiger partial charge in [0.1, 0.15) is 4.99 Å². The van der Waals surface area contributed by atoms with Gasteiger partial charge in [-0.05, 0) is 11.6 Å². The van der Waals surface area contributed by atoms with Crippen molar-refractivity contribution in [3.8, 4) is 0 Å². The largest absolute Gasteiger partial charge is 0.419 e. The summed E-state index contributed by atoms with van der Waals surface area (Å²) in [5.74, 6) is 0. The van der Waals surface area contributed by atoms with Gasteiger partial charge in [0.2, 0.25) is 0 Å². The van der Waals surface area contributed by atoms with Crippen LogP contribution in [0.15, 0.2) is 30.6 Å². The fraction of sp³-hybridized carbons (Fsp3) is 0.167. The van der Waals surface area contributed by atoms with E-state index < -0.39 is 11.7 Å². The van der Waals surface area contributed by atoms with Crippen LogP contribution in [-0.2, 0) is 12.7 Å². The molecule has 2 rings (SSSR count). The van der Waals surface area contributed by atoms with Crippen LogP contribution in [0.5, 0.6) is 0 Å². The van der Waals surface area contributed by atoms with Crippen molar-refractivity contribution in [1.82, 2.24) is 9.78 Å². The van der Waals surface area contributed by atoms with E-state index in [0.29, 0.717) is 16.1 Å². The number of nitrogens with two attached hydrogens (primary N) is 1. The highest BCUT2D eigenvalue weighted by molar-refractivity contribution is 7.80. The molecule has 0 spiro atoms. The van der Waals surface area contributed by atoms with Crippen LogP contribution in [0.25, 0.3) is 0 Å². The fourth-order valence-corrected chi connectivity index (χ4v) is 1.97. The van der Waals surface area contributed by atoms with Gasteiger partial charge in [-0.3, -0.25) is 4.68 Å². The maximum Gasteiger partial charge on any atom is 0.419 e. The second kappa shape index (κ2) is 5.41. The van der Waals surface area contributed by atoms with Crippen LogP contribution in [0.2, 0.25) is 5.02 Å². The number of benzene rings is 1. The lowest BCUT2D eigenvalue weighted by Crippen LogP contribution is -2.10. The Morgan fingerprint density at radius 3 is 2.60 bits per heavy atom. The lowest BCUT2D eigenvalue weighted by atomic mass is 10.1. The number of hydrogen-bond donors (Lipinski definition) is 1. The fourth-order valence-electron chi connectivity index (χ4n) is 1.60. The summed E-state index contributed by atoms with van der Waals surface area (Å²) in [5.41, 5.74) is 5.90. The SMILES string of the molecule is NC(=S)c1ccc(Cn2cc(C(F)(F)F)cn2)c(Cl)c1. The van der Waals surface area contributed by atoms with Crippen molar-refractivity contribution in [3.63, 3.8) is 0 Å². The van der Waals surface area contributed by atoms with Gasteiger partial charge in [-0.15, -0.1) is 0 Å². The van der Waals surface area contributed by atoms with Crippen LogP contribution in [0, 0.1) is 0 Å². The average Bonchev–Trinajstić information content (AvgIpc) is 2.80. The lowest BCUT2D eigenvalue weighted by Gasteiger charge is -2.07. The molecule has 0 unspecified atom stereocenters. The molecule has 1 heterocycles. The molecule has 2 N–H and O–H groups in total. The molecular formula is C12H9ClF3N3S. The van der Waals surface area contributed by atoms with Gasteiger partial charge in [0.15, 0.2) is 0 Å². The Morgan fingerprint density at radius 2 is 2.10 bits per heavy atom. The zero-order valence-electron chi connectivity index (χ0n) is 9.99. The molecule has 0 fully saturated rings. The van der Waals surface area contributed by atoms with E-state index in [-0.39, 0.29) is 11.5 Å². The predicted molar refractivity (Wildman–Crippen MR) is 73.7 cm³/mol. The summed E-state index contributed by atoms with van der Waals surface area (Å²) in [6.07, 6.45) is -2.70. The predicted octanol–water partition coefficient (Wildman–Crippen LogP) is 3.24. The van der Waals surface area contributed by atoms with E-state index in [9.17, 15) is 13.2 Å². The van der Waals surface area contributed by atoms with Gasteiger partial charge in [0, 0.05) is 16.8 Å². The molecule has 0 amide bonds. The molecule has 0 bridgehead atoms. The van der Waals surface area contributed by atoms with Crippen LogP contribution in [0.4, 0.5) is 13.2 Å². The lowest BCUT2D eigenvalue weighted by molar-refractivity contribution is -0.137. The van der Waals surface area contributed by atoms with Gasteiger partial charge >= 0.3 is 6.18 Å². The summed E-state index contributed by atoms with van der Waals surface area (Å²) in [6, 6.07) is 4.90. The Hall–Kier alpha value is -1.60. The third kappa shape index (κ3) is 3.29. The molecule has 0 atom stereocenters. The number of thiocarbonyl (C=S) groups is 1. The quantitative estimate of drug-likeness (QED) is 0.883. The average molecular weight is 320 g/mol. The van der Waals surface area contributed by atoms with E-state index in [1.165, 1.54) is 4.68 Å². The van der Waals surface area contributed by atoms with Crippen LogP contribution >= 0.6 is 23.8 Å². The molecule has 1 aromatic heterocycles. The van der Waals surface area contributed by atoms with E-state index in [4.69, 9.17) is 29.6 Å². The number of alkyl halides is 3. The second-order valence-electron chi connectivity index (χ2n) is 4.09. The van der Waals surface area contributed by atoms with Crippen LogP contribution in [0.3, 0.4) is 0 Å². The van der Waals surface area contributed by atoms with Crippen molar-refractivity contribution in [2.75, 3.05) is 0 Å². The Labute approximate surface area is 123 Å². The van der Waals surface area contributed by atoms with Gasteiger partial charge in [-0.25, -0.2) is 0 Å². The first kappa shape index (κ1) is 14.8. The van der Waals surface area contributed by atoms with Crippen molar-refractivity contribution in [1.29, 1.82) is 0 Å². The molecule has 0 aliphatic carbocycles. The zero-order valence-corrected chi connectivity index (χ0v) is 11.6. The number of aromatic nitrogens is 2. The van der Waals surface area contributed by atoms with Crippen molar-refractivity contribution >= 4 is 28.8 Å². The molecule has 20 heavy (non-hydrogen) atoms. The first-order valence-electron chi connectivity index (χ1n) is 5.45. The summed E-state index contributed by atoms with van der Waals surface area (Å²) in [6.45, 7) is 0.131. The third-order valence-electron chi connectivity index (χ3n) is 2.63. The van der Waals surface area contributed by atoms with E-state index >= 15 is 0 Å². The number of halogens is 4. The van der Waals surface area contributed by atoms with Crippen molar-refractivity contribution in [2.45, 2.75) is 12.7 Å². The molecule has 0 aliphatic rings. The summed E-state index contributed by atoms with van der Waals surface area (Å²) in [5, 5.41) is 4.04. The number of hydrogen-bond acceptors (Lipinski definition) is 2. The monoisotopic (exact) mass is 319 g/mol. The first-order chi connectivity index (χ1) is 9.27. The maximum absolute atomic E-state index is 12.5. The van der Waals surface area contributed by atoms with Gasteiger partial charge in [-0.1, -0.05) is 36.0 Å². The minimum atomic E-state index is -4.41. The molecule has 1 aromatic carbocycles. The Bertz CT molecular complexity index is 652. The highest BCUT2D eigenvalue weighted by Crippen LogP contribution is 2.28. The summed E-state index contributed by atoms with van der Waals surface area (Å²) in [4.78, 5) is 0.205. The maximum atomic E-state index is 12.5.